The predicted molar refractivity (Wildman–Crippen MR) is 99.3 cm³/mol. The summed E-state index contributed by atoms with van der Waals surface area (Å²) in [6.45, 7) is 0. The minimum absolute atomic E-state index is 0.0198. The molecule has 2 aromatic rings. The van der Waals surface area contributed by atoms with Crippen molar-refractivity contribution in [3.05, 3.63) is 75.3 Å². The van der Waals surface area contributed by atoms with Crippen LogP contribution in [0.5, 0.6) is 5.75 Å². The van der Waals surface area contributed by atoms with Crippen molar-refractivity contribution in [2.24, 2.45) is 0 Å². The van der Waals surface area contributed by atoms with Gasteiger partial charge in [0.1, 0.15) is 17.4 Å². The quantitative estimate of drug-likeness (QED) is 0.510. The van der Waals surface area contributed by atoms with Gasteiger partial charge < -0.3 is 15.6 Å². The number of aliphatic hydroxyl groups excluding tert-OH is 1. The Morgan fingerprint density at radius 3 is 2.44 bits per heavy atom. The molecule has 0 heterocycles. The van der Waals surface area contributed by atoms with Gasteiger partial charge >= 0.3 is 0 Å². The third-order valence-corrected chi connectivity index (χ3v) is 4.87. The summed E-state index contributed by atoms with van der Waals surface area (Å²) in [4.78, 5) is 0. The summed E-state index contributed by atoms with van der Waals surface area (Å²) < 4.78 is 47.0. The normalized spacial score (nSPS) is 14.1. The van der Waals surface area contributed by atoms with Crippen molar-refractivity contribution < 1.29 is 23.0 Å². The van der Waals surface area contributed by atoms with Crippen LogP contribution >= 0.6 is 11.6 Å². The Hall–Kier alpha value is -2.60. The molecule has 3 N–H and O–H groups in total. The van der Waals surface area contributed by atoms with Gasteiger partial charge in [0.2, 0.25) is 0 Å². The first-order valence-corrected chi connectivity index (χ1v) is 8.61. The Labute approximate surface area is 159 Å². The molecule has 27 heavy (non-hydrogen) atoms. The number of benzene rings is 2. The Balaban J connectivity index is 2.30. The van der Waals surface area contributed by atoms with Crippen molar-refractivity contribution in [3.63, 3.8) is 0 Å². The van der Waals surface area contributed by atoms with E-state index in [0.717, 1.165) is 37.0 Å². The monoisotopic (exact) mass is 395 g/mol. The van der Waals surface area contributed by atoms with E-state index >= 15 is 0 Å². The molecule has 0 aromatic heterocycles. The maximum atomic E-state index is 14.7. The van der Waals surface area contributed by atoms with Crippen LogP contribution in [0.4, 0.5) is 18.9 Å². The SMILES string of the molecule is COc1c(F)cc(F)c(/C(=C\C(O)=C2CCC2)c2ccc(F)cc2N)c1Cl. The average Bonchev–Trinajstić information content (AvgIpc) is 2.52. The number of nitrogens with two attached hydrogens (primary N) is 1. The number of anilines is 1. The van der Waals surface area contributed by atoms with E-state index in [1.54, 1.807) is 0 Å². The van der Waals surface area contributed by atoms with Crippen molar-refractivity contribution in [1.82, 2.24) is 0 Å². The van der Waals surface area contributed by atoms with Gasteiger partial charge in [0.25, 0.3) is 0 Å². The van der Waals surface area contributed by atoms with Crippen LogP contribution in [0.25, 0.3) is 5.57 Å². The molecule has 0 radical (unpaired) electrons. The van der Waals surface area contributed by atoms with Crippen molar-refractivity contribution >= 4 is 22.9 Å². The zero-order chi connectivity index (χ0) is 19.7. The van der Waals surface area contributed by atoms with Crippen LogP contribution in [0.3, 0.4) is 0 Å². The summed E-state index contributed by atoms with van der Waals surface area (Å²) in [5, 5.41) is 10.1. The van der Waals surface area contributed by atoms with Crippen molar-refractivity contribution in [3.8, 4) is 5.75 Å². The van der Waals surface area contributed by atoms with E-state index in [-0.39, 0.29) is 38.9 Å². The molecule has 0 aliphatic heterocycles. The van der Waals surface area contributed by atoms with Crippen LogP contribution in [-0.4, -0.2) is 12.2 Å². The van der Waals surface area contributed by atoms with E-state index in [4.69, 9.17) is 22.1 Å². The second-order valence-corrected chi connectivity index (χ2v) is 6.57. The van der Waals surface area contributed by atoms with Gasteiger partial charge in [-0.3, -0.25) is 0 Å². The zero-order valence-corrected chi connectivity index (χ0v) is 15.2. The van der Waals surface area contributed by atoms with E-state index in [1.165, 1.54) is 19.3 Å². The van der Waals surface area contributed by atoms with Gasteiger partial charge in [0.15, 0.2) is 11.6 Å². The van der Waals surface area contributed by atoms with E-state index in [1.807, 2.05) is 0 Å². The van der Waals surface area contributed by atoms with Crippen molar-refractivity contribution in [2.75, 3.05) is 12.8 Å². The van der Waals surface area contributed by atoms with Crippen LogP contribution in [0.2, 0.25) is 5.02 Å². The van der Waals surface area contributed by atoms with Gasteiger partial charge in [0, 0.05) is 22.9 Å². The summed E-state index contributed by atoms with van der Waals surface area (Å²) >= 11 is 6.20. The minimum atomic E-state index is -0.961. The molecular formula is C20H17ClF3NO2. The van der Waals surface area contributed by atoms with Gasteiger partial charge in [-0.15, -0.1) is 0 Å². The molecule has 1 saturated carbocycles. The summed E-state index contributed by atoms with van der Waals surface area (Å²) in [5.41, 5.74) is 6.89. The molecule has 3 rings (SSSR count). The molecule has 142 valence electrons. The number of hydrogen-bond acceptors (Lipinski definition) is 3. The van der Waals surface area contributed by atoms with Crippen LogP contribution in [0, 0.1) is 17.5 Å². The van der Waals surface area contributed by atoms with Crippen molar-refractivity contribution in [2.45, 2.75) is 19.3 Å². The van der Waals surface area contributed by atoms with Gasteiger partial charge in [-0.1, -0.05) is 11.6 Å². The lowest BCUT2D eigenvalue weighted by Crippen LogP contribution is -2.04. The number of methoxy groups -OCH3 is 1. The molecule has 1 fully saturated rings. The average molecular weight is 396 g/mol. The van der Waals surface area contributed by atoms with Gasteiger partial charge in [-0.05, 0) is 54.7 Å². The summed E-state index contributed by atoms with van der Waals surface area (Å²) in [6.07, 6.45) is 3.70. The fourth-order valence-corrected chi connectivity index (χ4v) is 3.28. The smallest absolute Gasteiger partial charge is 0.173 e. The third-order valence-electron chi connectivity index (χ3n) is 4.51. The van der Waals surface area contributed by atoms with Gasteiger partial charge in [-0.25, -0.2) is 13.2 Å². The van der Waals surface area contributed by atoms with Crippen LogP contribution in [-0.2, 0) is 0 Å². The standard InChI is InChI=1S/C20H17ClF3NO2/c1-27-20-15(24)9-14(23)18(19(20)21)13(8-17(26)10-3-2-4-10)12-6-5-11(22)7-16(12)25/h5-9,26H,2-4,25H2,1H3/b13-8-. The Bertz CT molecular complexity index is 964. The van der Waals surface area contributed by atoms with Crippen LogP contribution in [0.15, 0.2) is 41.7 Å². The first kappa shape index (κ1) is 19.2. The lowest BCUT2D eigenvalue weighted by Gasteiger charge is -2.19. The first-order chi connectivity index (χ1) is 12.8. The fourth-order valence-electron chi connectivity index (χ4n) is 2.92. The maximum absolute atomic E-state index is 14.7. The molecule has 1 aliphatic carbocycles. The fraction of sp³-hybridized carbons (Fsp3) is 0.200. The minimum Gasteiger partial charge on any atom is -0.508 e. The molecule has 0 atom stereocenters. The largest absolute Gasteiger partial charge is 0.508 e. The number of ether oxygens (including phenoxy) is 1. The number of hydrogen-bond donors (Lipinski definition) is 2. The number of aliphatic hydroxyl groups is 1. The lowest BCUT2D eigenvalue weighted by molar-refractivity contribution is 0.384. The highest BCUT2D eigenvalue weighted by molar-refractivity contribution is 6.34. The zero-order valence-electron chi connectivity index (χ0n) is 14.5. The van der Waals surface area contributed by atoms with Crippen molar-refractivity contribution in [1.29, 1.82) is 0 Å². The van der Waals surface area contributed by atoms with Gasteiger partial charge in [0.05, 0.1) is 12.1 Å². The molecule has 7 heteroatoms. The Kier molecular flexibility index (Phi) is 5.37. The molecule has 0 bridgehead atoms. The molecule has 3 nitrogen and oxygen atoms in total. The number of nitrogen functional groups attached to an aromatic ring is 1. The van der Waals surface area contributed by atoms with Gasteiger partial charge in [-0.2, -0.15) is 0 Å². The maximum Gasteiger partial charge on any atom is 0.173 e. The highest BCUT2D eigenvalue weighted by Gasteiger charge is 2.24. The third kappa shape index (κ3) is 3.62. The summed E-state index contributed by atoms with van der Waals surface area (Å²) in [7, 11) is 1.20. The van der Waals surface area contributed by atoms with E-state index in [9.17, 15) is 18.3 Å². The molecule has 1 aliphatic rings. The molecule has 0 spiro atoms. The topological polar surface area (TPSA) is 55.5 Å². The summed E-state index contributed by atoms with van der Waals surface area (Å²) in [5.74, 6) is -2.87. The molecule has 0 unspecified atom stereocenters. The molecule has 0 saturated heterocycles. The Morgan fingerprint density at radius 1 is 1.19 bits per heavy atom. The first-order valence-electron chi connectivity index (χ1n) is 8.23. The second-order valence-electron chi connectivity index (χ2n) is 6.19. The predicted octanol–water partition coefficient (Wildman–Crippen LogP) is 5.78. The number of halogens is 4. The lowest BCUT2D eigenvalue weighted by atomic mass is 9.89. The second kappa shape index (κ2) is 7.56. The molecule has 0 amide bonds. The van der Waals surface area contributed by atoms with Crippen LogP contribution < -0.4 is 10.5 Å². The summed E-state index contributed by atoms with van der Waals surface area (Å²) in [6, 6.07) is 4.21. The van der Waals surface area contributed by atoms with E-state index < -0.39 is 17.5 Å². The number of allylic oxidation sites excluding steroid dienone is 2. The Morgan fingerprint density at radius 2 is 1.89 bits per heavy atom. The van der Waals surface area contributed by atoms with E-state index in [0.29, 0.717) is 6.07 Å². The number of rotatable bonds is 4. The highest BCUT2D eigenvalue weighted by atomic mass is 35.5. The van der Waals surface area contributed by atoms with E-state index in [2.05, 4.69) is 0 Å². The molecular weight excluding hydrogens is 379 g/mol. The highest BCUT2D eigenvalue weighted by Crippen LogP contribution is 2.41. The molecule has 2 aromatic carbocycles. The van der Waals surface area contributed by atoms with Crippen LogP contribution in [0.1, 0.15) is 30.4 Å².